The van der Waals surface area contributed by atoms with Gasteiger partial charge in [0.05, 0.1) is 0 Å². The smallest absolute Gasteiger partial charge is 0.262 e. The number of para-hydroxylation sites is 1. The van der Waals surface area contributed by atoms with Crippen LogP contribution < -0.4 is 9.47 Å². The molecule has 0 saturated carbocycles. The van der Waals surface area contributed by atoms with Gasteiger partial charge in [0, 0.05) is 37.3 Å². The highest BCUT2D eigenvalue weighted by molar-refractivity contribution is 7.18. The van der Waals surface area contributed by atoms with Gasteiger partial charge in [-0.05, 0) is 50.1 Å². The van der Waals surface area contributed by atoms with Crippen LogP contribution in [0.4, 0.5) is 5.69 Å². The van der Waals surface area contributed by atoms with E-state index in [1.165, 1.54) is 58.6 Å². The molecule has 0 radical (unpaired) electrons. The van der Waals surface area contributed by atoms with Crippen molar-refractivity contribution in [2.24, 2.45) is 0 Å². The molecule has 0 spiro atoms. The summed E-state index contributed by atoms with van der Waals surface area (Å²) >= 11 is 1.89. The fourth-order valence-electron chi connectivity index (χ4n) is 3.83. The minimum absolute atomic E-state index is 1.05. The van der Waals surface area contributed by atoms with E-state index in [0.29, 0.717) is 0 Å². The molecule has 2 aromatic carbocycles. The standard InChI is InChI=1S/C26H35N2S/c1-4-7-8-9-12-21-28-24-13-10-11-14-25(24)29-26(28)20-17-22-15-18-23(19-16-22)27(5-2)6-3/h10-11,13-20H,4-9,12,21H2,1-3H3/q+1. The molecule has 0 aliphatic heterocycles. The lowest BCUT2D eigenvalue weighted by molar-refractivity contribution is -0.669. The van der Waals surface area contributed by atoms with E-state index in [-0.39, 0.29) is 0 Å². The van der Waals surface area contributed by atoms with Gasteiger partial charge < -0.3 is 4.90 Å². The Morgan fingerprint density at radius 2 is 1.55 bits per heavy atom. The molecule has 1 aromatic heterocycles. The summed E-state index contributed by atoms with van der Waals surface area (Å²) in [6.45, 7) is 9.89. The van der Waals surface area contributed by atoms with E-state index in [2.05, 4.69) is 90.9 Å². The number of aryl methyl sites for hydroxylation is 1. The summed E-state index contributed by atoms with van der Waals surface area (Å²) < 4.78 is 3.88. The van der Waals surface area contributed by atoms with Gasteiger partial charge in [-0.1, -0.05) is 61.8 Å². The third-order valence-corrected chi connectivity index (χ3v) is 6.69. The summed E-state index contributed by atoms with van der Waals surface area (Å²) in [6, 6.07) is 17.7. The van der Waals surface area contributed by atoms with Crippen LogP contribution in [0.2, 0.25) is 0 Å². The highest BCUT2D eigenvalue weighted by atomic mass is 32.1. The van der Waals surface area contributed by atoms with E-state index < -0.39 is 0 Å². The van der Waals surface area contributed by atoms with Crippen molar-refractivity contribution in [3.05, 3.63) is 59.1 Å². The van der Waals surface area contributed by atoms with Crippen LogP contribution in [0.15, 0.2) is 48.5 Å². The van der Waals surface area contributed by atoms with Gasteiger partial charge in [0.1, 0.15) is 4.70 Å². The van der Waals surface area contributed by atoms with Gasteiger partial charge in [0.15, 0.2) is 6.54 Å². The van der Waals surface area contributed by atoms with Crippen molar-refractivity contribution in [3.8, 4) is 0 Å². The van der Waals surface area contributed by atoms with Crippen LogP contribution in [0.3, 0.4) is 0 Å². The zero-order chi connectivity index (χ0) is 20.5. The predicted octanol–water partition coefficient (Wildman–Crippen LogP) is 7.18. The molecular formula is C26H35N2S+. The average Bonchev–Trinajstić information content (AvgIpc) is 3.11. The molecule has 3 heteroatoms. The summed E-state index contributed by atoms with van der Waals surface area (Å²) in [5, 5.41) is 1.34. The van der Waals surface area contributed by atoms with Crippen molar-refractivity contribution in [2.75, 3.05) is 18.0 Å². The summed E-state index contributed by atoms with van der Waals surface area (Å²) in [6.07, 6.45) is 11.1. The number of nitrogens with zero attached hydrogens (tertiary/aromatic N) is 2. The SMILES string of the molecule is CCCCCCC[n+]1c(C=Cc2ccc(N(CC)CC)cc2)sc2ccccc21. The molecule has 154 valence electrons. The first-order valence-corrected chi connectivity index (χ1v) is 12.0. The summed E-state index contributed by atoms with van der Waals surface area (Å²) in [4.78, 5) is 2.38. The molecule has 0 aliphatic rings. The maximum atomic E-state index is 2.51. The van der Waals surface area contributed by atoms with E-state index in [1.54, 1.807) is 0 Å². The first kappa shape index (κ1) is 21.6. The second-order valence-corrected chi connectivity index (χ2v) is 8.63. The number of thiazole rings is 1. The normalized spacial score (nSPS) is 11.6. The monoisotopic (exact) mass is 407 g/mol. The van der Waals surface area contributed by atoms with Crippen molar-refractivity contribution in [2.45, 2.75) is 59.4 Å². The van der Waals surface area contributed by atoms with Gasteiger partial charge in [-0.3, -0.25) is 0 Å². The number of benzene rings is 2. The predicted molar refractivity (Wildman–Crippen MR) is 130 cm³/mol. The topological polar surface area (TPSA) is 7.12 Å². The maximum absolute atomic E-state index is 2.51. The number of aromatic nitrogens is 1. The third-order valence-electron chi connectivity index (χ3n) is 5.56. The van der Waals surface area contributed by atoms with Crippen LogP contribution in [0, 0.1) is 0 Å². The molecule has 0 unspecified atom stereocenters. The Bertz CT molecular complexity index is 904. The molecule has 0 aliphatic carbocycles. The lowest BCUT2D eigenvalue weighted by atomic mass is 10.1. The van der Waals surface area contributed by atoms with Crippen LogP contribution >= 0.6 is 11.3 Å². The molecule has 2 nitrogen and oxygen atoms in total. The Labute approximate surface area is 180 Å². The maximum Gasteiger partial charge on any atom is 0.262 e. The summed E-state index contributed by atoms with van der Waals surface area (Å²) in [5.41, 5.74) is 3.92. The van der Waals surface area contributed by atoms with Crippen molar-refractivity contribution in [3.63, 3.8) is 0 Å². The molecule has 0 fully saturated rings. The first-order valence-electron chi connectivity index (χ1n) is 11.2. The third kappa shape index (κ3) is 5.70. The van der Waals surface area contributed by atoms with Crippen LogP contribution in [0.1, 0.15) is 63.4 Å². The largest absolute Gasteiger partial charge is 0.372 e. The first-order chi connectivity index (χ1) is 14.3. The molecule has 0 amide bonds. The molecular weight excluding hydrogens is 372 g/mol. The fraction of sp³-hybridized carbons (Fsp3) is 0.423. The van der Waals surface area contributed by atoms with Crippen LogP contribution in [0.5, 0.6) is 0 Å². The zero-order valence-electron chi connectivity index (χ0n) is 18.2. The van der Waals surface area contributed by atoms with Gasteiger partial charge in [-0.15, -0.1) is 0 Å². The molecule has 3 rings (SSSR count). The number of unbranched alkanes of at least 4 members (excludes halogenated alkanes) is 4. The molecule has 0 bridgehead atoms. The Morgan fingerprint density at radius 1 is 0.828 bits per heavy atom. The molecule has 0 atom stereocenters. The second kappa shape index (κ2) is 11.2. The van der Waals surface area contributed by atoms with E-state index in [0.717, 1.165) is 19.6 Å². The average molecular weight is 408 g/mol. The quantitative estimate of drug-likeness (QED) is 0.241. The number of hydrogen-bond donors (Lipinski definition) is 0. The Morgan fingerprint density at radius 3 is 2.28 bits per heavy atom. The number of rotatable bonds is 11. The number of hydrogen-bond acceptors (Lipinski definition) is 2. The van der Waals surface area contributed by atoms with Crippen LogP contribution in [-0.2, 0) is 6.54 Å². The minimum Gasteiger partial charge on any atom is -0.372 e. The number of anilines is 1. The van der Waals surface area contributed by atoms with Crippen molar-refractivity contribution in [1.82, 2.24) is 0 Å². The van der Waals surface area contributed by atoms with Gasteiger partial charge in [0.25, 0.3) is 5.01 Å². The minimum atomic E-state index is 1.05. The molecule has 0 N–H and O–H groups in total. The van der Waals surface area contributed by atoms with Gasteiger partial charge in [0.2, 0.25) is 5.52 Å². The molecule has 1 heterocycles. The van der Waals surface area contributed by atoms with Gasteiger partial charge in [-0.25, -0.2) is 0 Å². The van der Waals surface area contributed by atoms with Crippen LogP contribution in [-0.4, -0.2) is 13.1 Å². The van der Waals surface area contributed by atoms with E-state index in [4.69, 9.17) is 0 Å². The van der Waals surface area contributed by atoms with Gasteiger partial charge >= 0.3 is 0 Å². The van der Waals surface area contributed by atoms with Crippen molar-refractivity contribution >= 4 is 39.4 Å². The summed E-state index contributed by atoms with van der Waals surface area (Å²) in [5.74, 6) is 0. The van der Waals surface area contributed by atoms with E-state index in [1.807, 2.05) is 11.3 Å². The Balaban J connectivity index is 1.77. The van der Waals surface area contributed by atoms with Crippen LogP contribution in [0.25, 0.3) is 22.4 Å². The Hall–Kier alpha value is -2.13. The molecule has 0 saturated heterocycles. The molecule has 29 heavy (non-hydrogen) atoms. The van der Waals surface area contributed by atoms with Crippen molar-refractivity contribution < 1.29 is 4.57 Å². The Kier molecular flexibility index (Phi) is 8.30. The second-order valence-electron chi connectivity index (χ2n) is 7.57. The van der Waals surface area contributed by atoms with Gasteiger partial charge in [-0.2, -0.15) is 4.57 Å². The number of fused-ring (bicyclic) bond motifs is 1. The molecule has 3 aromatic rings. The fourth-order valence-corrected chi connectivity index (χ4v) is 4.92. The lowest BCUT2D eigenvalue weighted by Gasteiger charge is -2.20. The highest BCUT2D eigenvalue weighted by Crippen LogP contribution is 2.23. The van der Waals surface area contributed by atoms with E-state index in [9.17, 15) is 0 Å². The summed E-state index contributed by atoms with van der Waals surface area (Å²) in [7, 11) is 0. The van der Waals surface area contributed by atoms with E-state index >= 15 is 0 Å². The van der Waals surface area contributed by atoms with Crippen molar-refractivity contribution in [1.29, 1.82) is 0 Å². The highest BCUT2D eigenvalue weighted by Gasteiger charge is 2.17. The lowest BCUT2D eigenvalue weighted by Crippen LogP contribution is -2.34. The zero-order valence-corrected chi connectivity index (χ0v) is 19.0.